The lowest BCUT2D eigenvalue weighted by Gasteiger charge is -2.29. The van der Waals surface area contributed by atoms with Gasteiger partial charge in [0.15, 0.2) is 0 Å². The van der Waals surface area contributed by atoms with Gasteiger partial charge in [0.2, 0.25) is 5.91 Å². The summed E-state index contributed by atoms with van der Waals surface area (Å²) in [5.41, 5.74) is 0. The van der Waals surface area contributed by atoms with Crippen molar-refractivity contribution < 1.29 is 32.9 Å². The molecule has 0 fully saturated rings. The summed E-state index contributed by atoms with van der Waals surface area (Å²) in [5.74, 6) is -0.206. The largest absolute Gasteiger partial charge is 0.756 e. The summed E-state index contributed by atoms with van der Waals surface area (Å²) in [5, 5.41) is 13.9. The molecule has 65 heavy (non-hydrogen) atoms. The number of aliphatic hydroxyl groups is 1. The van der Waals surface area contributed by atoms with Crippen molar-refractivity contribution in [3.05, 3.63) is 72.9 Å². The highest BCUT2D eigenvalue weighted by atomic mass is 31.2. The molecule has 0 heterocycles. The van der Waals surface area contributed by atoms with Crippen molar-refractivity contribution in [1.82, 2.24) is 5.32 Å². The second-order valence-electron chi connectivity index (χ2n) is 19.2. The molecule has 0 rings (SSSR count). The molecule has 0 aliphatic carbocycles. The SMILES string of the molecule is CC/C=C\C/C=C\C/C=C\C/C=C\C/C=C\CCCCCCCCCCCC(=O)NC(COP(=O)([O-])OCC[N+](C)(C)C)C(O)/C=C/CCCCCCCCCCCCCCCCCC. The van der Waals surface area contributed by atoms with E-state index in [9.17, 15) is 19.4 Å². The number of nitrogens with one attached hydrogen (secondary N) is 1. The van der Waals surface area contributed by atoms with Crippen molar-refractivity contribution in [2.45, 2.75) is 238 Å². The van der Waals surface area contributed by atoms with Crippen molar-refractivity contribution >= 4 is 13.7 Å². The Morgan fingerprint density at radius 3 is 1.37 bits per heavy atom. The van der Waals surface area contributed by atoms with Crippen molar-refractivity contribution in [2.75, 3.05) is 40.9 Å². The van der Waals surface area contributed by atoms with Crippen LogP contribution in [0.1, 0.15) is 226 Å². The van der Waals surface area contributed by atoms with Crippen LogP contribution in [0.15, 0.2) is 72.9 Å². The molecule has 0 aromatic rings. The van der Waals surface area contributed by atoms with Gasteiger partial charge in [-0.25, -0.2) is 0 Å². The van der Waals surface area contributed by atoms with E-state index in [1.807, 2.05) is 27.2 Å². The molecule has 3 unspecified atom stereocenters. The Morgan fingerprint density at radius 2 is 0.938 bits per heavy atom. The minimum absolute atomic E-state index is 0.00508. The molecule has 0 radical (unpaired) electrons. The number of hydrogen-bond donors (Lipinski definition) is 2. The quantitative estimate of drug-likeness (QED) is 0.0272. The normalized spacial score (nSPS) is 14.6. The van der Waals surface area contributed by atoms with Gasteiger partial charge in [0.1, 0.15) is 13.2 Å². The van der Waals surface area contributed by atoms with Gasteiger partial charge >= 0.3 is 0 Å². The number of carbonyl (C=O) groups is 1. The third-order valence-electron chi connectivity index (χ3n) is 11.7. The number of phosphoric ester groups is 1. The molecule has 378 valence electrons. The second-order valence-corrected chi connectivity index (χ2v) is 20.6. The zero-order valence-corrected chi connectivity index (χ0v) is 43.8. The van der Waals surface area contributed by atoms with Crippen LogP contribution in [-0.2, 0) is 18.4 Å². The number of allylic oxidation sites excluding steroid dienone is 11. The summed E-state index contributed by atoms with van der Waals surface area (Å²) in [4.78, 5) is 25.5. The summed E-state index contributed by atoms with van der Waals surface area (Å²) < 4.78 is 23.3. The van der Waals surface area contributed by atoms with Crippen LogP contribution in [-0.4, -0.2) is 68.5 Å². The molecular weight excluding hydrogens is 828 g/mol. The van der Waals surface area contributed by atoms with E-state index in [2.05, 4.69) is 79.9 Å². The number of carbonyl (C=O) groups excluding carboxylic acids is 1. The number of quaternary nitrogens is 1. The first kappa shape index (κ1) is 62.9. The highest BCUT2D eigenvalue weighted by Crippen LogP contribution is 2.38. The van der Waals surface area contributed by atoms with Crippen LogP contribution >= 0.6 is 7.82 Å². The molecule has 0 saturated carbocycles. The molecular formula is C56H103N2O6P. The van der Waals surface area contributed by atoms with Gasteiger partial charge in [0, 0.05) is 6.42 Å². The van der Waals surface area contributed by atoms with E-state index in [-0.39, 0.29) is 19.1 Å². The van der Waals surface area contributed by atoms with Crippen LogP contribution in [0.25, 0.3) is 0 Å². The average molecular weight is 931 g/mol. The number of aliphatic hydroxyl groups excluding tert-OH is 1. The first-order chi connectivity index (χ1) is 31.5. The first-order valence-electron chi connectivity index (χ1n) is 26.8. The lowest BCUT2D eigenvalue weighted by molar-refractivity contribution is -0.870. The number of unbranched alkanes of at least 4 members (excludes halogenated alkanes) is 25. The van der Waals surface area contributed by atoms with Crippen molar-refractivity contribution in [1.29, 1.82) is 0 Å². The highest BCUT2D eigenvalue weighted by Gasteiger charge is 2.23. The molecule has 0 aromatic carbocycles. The molecule has 2 N–H and O–H groups in total. The Kier molecular flexibility index (Phi) is 45.5. The fourth-order valence-corrected chi connectivity index (χ4v) is 8.20. The maximum atomic E-state index is 12.9. The lowest BCUT2D eigenvalue weighted by atomic mass is 10.0. The fourth-order valence-electron chi connectivity index (χ4n) is 7.47. The maximum Gasteiger partial charge on any atom is 0.268 e. The maximum absolute atomic E-state index is 12.9. The zero-order chi connectivity index (χ0) is 47.8. The molecule has 1 amide bonds. The van der Waals surface area contributed by atoms with Crippen LogP contribution in [0.2, 0.25) is 0 Å². The van der Waals surface area contributed by atoms with E-state index in [1.54, 1.807) is 6.08 Å². The van der Waals surface area contributed by atoms with Crippen molar-refractivity contribution in [3.8, 4) is 0 Å². The van der Waals surface area contributed by atoms with Crippen molar-refractivity contribution in [3.63, 3.8) is 0 Å². The molecule has 0 aromatic heterocycles. The van der Waals surface area contributed by atoms with Crippen LogP contribution < -0.4 is 10.2 Å². The van der Waals surface area contributed by atoms with Gasteiger partial charge in [0.25, 0.3) is 7.82 Å². The Balaban J connectivity index is 4.29. The summed E-state index contributed by atoms with van der Waals surface area (Å²) in [6.07, 6.45) is 63.8. The monoisotopic (exact) mass is 931 g/mol. The van der Waals surface area contributed by atoms with Gasteiger partial charge in [-0.05, 0) is 64.2 Å². The molecule has 9 heteroatoms. The number of phosphoric acid groups is 1. The number of likely N-dealkylation sites (N-methyl/N-ethyl adjacent to an activating group) is 1. The zero-order valence-electron chi connectivity index (χ0n) is 42.9. The van der Waals surface area contributed by atoms with Gasteiger partial charge in [-0.2, -0.15) is 0 Å². The predicted molar refractivity (Wildman–Crippen MR) is 279 cm³/mol. The van der Waals surface area contributed by atoms with Gasteiger partial charge in [-0.1, -0.05) is 228 Å². The summed E-state index contributed by atoms with van der Waals surface area (Å²) in [6, 6.07) is -0.894. The Hall–Kier alpha value is -2.06. The number of nitrogens with zero attached hydrogens (tertiary/aromatic N) is 1. The fraction of sp³-hybridized carbons (Fsp3) is 0.768. The van der Waals surface area contributed by atoms with Gasteiger partial charge in [-0.15, -0.1) is 0 Å². The predicted octanol–water partition coefficient (Wildman–Crippen LogP) is 15.3. The van der Waals surface area contributed by atoms with E-state index in [1.165, 1.54) is 128 Å². The summed E-state index contributed by atoms with van der Waals surface area (Å²) >= 11 is 0. The number of rotatable bonds is 48. The summed E-state index contributed by atoms with van der Waals surface area (Å²) in [6.45, 7) is 4.54. The van der Waals surface area contributed by atoms with Crippen molar-refractivity contribution in [2.24, 2.45) is 0 Å². The van der Waals surface area contributed by atoms with Crippen LogP contribution in [0, 0.1) is 0 Å². The third-order valence-corrected chi connectivity index (χ3v) is 12.6. The second kappa shape index (κ2) is 47.0. The molecule has 0 bridgehead atoms. The summed E-state index contributed by atoms with van der Waals surface area (Å²) in [7, 11) is 1.25. The number of hydrogen-bond acceptors (Lipinski definition) is 6. The van der Waals surface area contributed by atoms with Crippen LogP contribution in [0.4, 0.5) is 0 Å². The van der Waals surface area contributed by atoms with E-state index in [0.29, 0.717) is 17.4 Å². The van der Waals surface area contributed by atoms with Gasteiger partial charge in [-0.3, -0.25) is 9.36 Å². The van der Waals surface area contributed by atoms with E-state index < -0.39 is 20.0 Å². The standard InChI is InChI=1S/C56H103N2O6P/c1-6-8-10-12-14-16-18-20-22-24-26-27-28-29-30-31-32-34-36-38-40-42-44-46-48-50-56(60)57-54(53-64-65(61,62)63-52-51-58(3,4)5)55(59)49-47-45-43-41-39-37-35-33-25-23-21-19-17-15-13-11-9-7-2/h8,10,14,16,20,22,26-27,29-30,47,49,54-55,59H,6-7,9,11-13,15,17-19,21,23-25,28,31-46,48,50-53H2,1-5H3,(H-,57,60,61,62)/b10-8-,16-14-,22-20-,27-26-,30-29-,49-47+. The third kappa shape index (κ3) is 49.7. The van der Waals surface area contributed by atoms with Crippen LogP contribution in [0.3, 0.4) is 0 Å². The molecule has 0 saturated heterocycles. The molecule has 3 atom stereocenters. The van der Waals surface area contributed by atoms with E-state index in [4.69, 9.17) is 9.05 Å². The molecule has 8 nitrogen and oxygen atoms in total. The average Bonchev–Trinajstić information content (AvgIpc) is 3.26. The Labute approximate surface area is 402 Å². The Bertz CT molecular complexity index is 1290. The van der Waals surface area contributed by atoms with Crippen LogP contribution in [0.5, 0.6) is 0 Å². The van der Waals surface area contributed by atoms with E-state index >= 15 is 0 Å². The first-order valence-corrected chi connectivity index (χ1v) is 28.3. The minimum Gasteiger partial charge on any atom is -0.756 e. The molecule has 0 aliphatic heterocycles. The Morgan fingerprint density at radius 1 is 0.554 bits per heavy atom. The highest BCUT2D eigenvalue weighted by molar-refractivity contribution is 7.45. The van der Waals surface area contributed by atoms with E-state index in [0.717, 1.165) is 77.0 Å². The smallest absolute Gasteiger partial charge is 0.268 e. The molecule has 0 spiro atoms. The lowest BCUT2D eigenvalue weighted by Crippen LogP contribution is -2.45. The topological polar surface area (TPSA) is 108 Å². The van der Waals surface area contributed by atoms with Gasteiger partial charge < -0.3 is 28.8 Å². The minimum atomic E-state index is -4.60. The number of amides is 1. The molecule has 0 aliphatic rings. The van der Waals surface area contributed by atoms with Gasteiger partial charge in [0.05, 0.1) is 39.9 Å².